The number of rotatable bonds is 7. The minimum atomic E-state index is -4.44. The number of halogens is 3. The van der Waals surface area contributed by atoms with Crippen LogP contribution in [0.1, 0.15) is 97.1 Å². The second-order valence-corrected chi connectivity index (χ2v) is 15.2. The number of aliphatic hydroxyl groups is 1. The third-order valence-electron chi connectivity index (χ3n) is 12.8. The number of benzene rings is 1. The Kier molecular flexibility index (Phi) is 8.90. The van der Waals surface area contributed by atoms with E-state index in [0.717, 1.165) is 44.2 Å². The summed E-state index contributed by atoms with van der Waals surface area (Å²) >= 11 is 0. The zero-order valence-corrected chi connectivity index (χ0v) is 27.0. The first-order valence-corrected chi connectivity index (χ1v) is 16.4. The predicted octanol–water partition coefficient (Wildman–Crippen LogP) is 6.66. The number of hydrogen-bond acceptors (Lipinski definition) is 5. The monoisotopic (exact) mass is 635 g/mol. The Morgan fingerprint density at radius 3 is 2.22 bits per heavy atom. The predicted molar refractivity (Wildman–Crippen MR) is 161 cm³/mol. The average molecular weight is 636 g/mol. The summed E-state index contributed by atoms with van der Waals surface area (Å²) < 4.78 is 45.7. The number of carboxylic acids is 1. The number of fused-ring (bicyclic) bond motifs is 5. The van der Waals surface area contributed by atoms with Gasteiger partial charge in [-0.1, -0.05) is 32.9 Å². The van der Waals surface area contributed by atoms with Gasteiger partial charge in [-0.3, -0.25) is 14.4 Å². The van der Waals surface area contributed by atoms with Gasteiger partial charge in [0, 0.05) is 26.3 Å². The van der Waals surface area contributed by atoms with Gasteiger partial charge in [-0.25, -0.2) is 0 Å². The molecule has 0 radical (unpaired) electrons. The van der Waals surface area contributed by atoms with Crippen molar-refractivity contribution in [1.29, 1.82) is 0 Å². The lowest BCUT2D eigenvalue weighted by Crippen LogP contribution is -2.60. The smallest absolute Gasteiger partial charge is 0.416 e. The van der Waals surface area contributed by atoms with Crippen LogP contribution in [-0.4, -0.2) is 52.2 Å². The maximum absolute atomic E-state index is 13.2. The second kappa shape index (κ2) is 11.9. The van der Waals surface area contributed by atoms with Gasteiger partial charge >= 0.3 is 18.1 Å². The lowest BCUT2D eigenvalue weighted by molar-refractivity contribution is -0.204. The maximum Gasteiger partial charge on any atom is 0.416 e. The molecule has 7 nitrogen and oxygen atoms in total. The van der Waals surface area contributed by atoms with E-state index in [4.69, 9.17) is 4.74 Å². The zero-order chi connectivity index (χ0) is 33.1. The van der Waals surface area contributed by atoms with E-state index in [0.29, 0.717) is 43.2 Å². The standard InChI is InChI=1S/C35H48F3NO6/c1-20(18-39(21(2)40)19-30(42)43)26-10-11-27-31-28(12-13-33(26,27)5)32(4)14-15-34(44,17-25(32)16-29(31)45-22(3)41)23-6-8-24(9-7-23)35(36,37)38/h6-9,20,25-29,31,44H,10-19H2,1-5H3,(H,42,43)/t20-,25-,26-,27+,28+,29-,31+,32+,33-,34+/m1/s1. The molecule has 4 fully saturated rings. The maximum atomic E-state index is 13.2. The van der Waals surface area contributed by atoms with E-state index in [2.05, 4.69) is 20.8 Å². The fraction of sp³-hybridized carbons (Fsp3) is 0.743. The highest BCUT2D eigenvalue weighted by Gasteiger charge is 2.65. The highest BCUT2D eigenvalue weighted by molar-refractivity contribution is 5.79. The summed E-state index contributed by atoms with van der Waals surface area (Å²) in [5, 5.41) is 21.2. The van der Waals surface area contributed by atoms with Gasteiger partial charge in [0.05, 0.1) is 11.2 Å². The lowest BCUT2D eigenvalue weighted by Gasteiger charge is -2.63. The molecule has 10 heteroatoms. The van der Waals surface area contributed by atoms with E-state index < -0.39 is 23.3 Å². The van der Waals surface area contributed by atoms with E-state index in [1.54, 1.807) is 0 Å². The summed E-state index contributed by atoms with van der Waals surface area (Å²) in [6, 6.07) is 4.87. The van der Waals surface area contributed by atoms with Crippen LogP contribution in [0.3, 0.4) is 0 Å². The summed E-state index contributed by atoms with van der Waals surface area (Å²) in [6.07, 6.45) is 1.28. The fourth-order valence-electron chi connectivity index (χ4n) is 10.7. The van der Waals surface area contributed by atoms with E-state index in [-0.39, 0.29) is 59.0 Å². The summed E-state index contributed by atoms with van der Waals surface area (Å²) in [4.78, 5) is 37.5. The molecular weight excluding hydrogens is 587 g/mol. The topological polar surface area (TPSA) is 104 Å². The van der Waals surface area contributed by atoms with Crippen LogP contribution in [0.4, 0.5) is 13.2 Å². The Hall–Kier alpha value is -2.62. The van der Waals surface area contributed by atoms with Crippen molar-refractivity contribution >= 4 is 17.8 Å². The minimum absolute atomic E-state index is 0.0322. The highest BCUT2D eigenvalue weighted by atomic mass is 19.4. The number of carboxylic acid groups (broad SMARTS) is 1. The molecule has 10 atom stereocenters. The quantitative estimate of drug-likeness (QED) is 0.325. The zero-order valence-electron chi connectivity index (χ0n) is 27.0. The van der Waals surface area contributed by atoms with E-state index in [9.17, 15) is 37.8 Å². The van der Waals surface area contributed by atoms with Crippen molar-refractivity contribution in [3.8, 4) is 0 Å². The van der Waals surface area contributed by atoms with Gasteiger partial charge < -0.3 is 19.8 Å². The summed E-state index contributed by atoms with van der Waals surface area (Å²) in [7, 11) is 0. The first kappa shape index (κ1) is 33.7. The van der Waals surface area contributed by atoms with Gasteiger partial charge in [0.15, 0.2) is 0 Å². The Bertz CT molecular complexity index is 1300. The SMILES string of the molecule is CC(=O)O[C@@H]1C[C@@H]2C[C@](O)(c3ccc(C(F)(F)F)cc3)CC[C@]2(C)[C@H]2CC[C@]3(C)[C@@H]([C@H](C)CN(CC(=O)O)C(C)=O)CC[C@H]3[C@H]12. The highest BCUT2D eigenvalue weighted by Crippen LogP contribution is 2.69. The van der Waals surface area contributed by atoms with E-state index >= 15 is 0 Å². The lowest BCUT2D eigenvalue weighted by atomic mass is 9.42. The number of hydrogen-bond donors (Lipinski definition) is 2. The number of ether oxygens (including phenoxy) is 1. The molecule has 0 spiro atoms. The molecule has 1 aromatic carbocycles. The largest absolute Gasteiger partial charge is 0.480 e. The average Bonchev–Trinajstić information content (AvgIpc) is 3.30. The first-order valence-electron chi connectivity index (χ1n) is 16.4. The fourth-order valence-corrected chi connectivity index (χ4v) is 10.7. The number of alkyl halides is 3. The van der Waals surface area contributed by atoms with Gasteiger partial charge in [0.25, 0.3) is 0 Å². The van der Waals surface area contributed by atoms with Gasteiger partial charge in [-0.2, -0.15) is 13.2 Å². The molecule has 0 aromatic heterocycles. The van der Waals surface area contributed by atoms with Crippen molar-refractivity contribution in [2.45, 2.75) is 104 Å². The molecule has 0 unspecified atom stereocenters. The molecule has 0 heterocycles. The number of carbonyl (C=O) groups is 3. The van der Waals surface area contributed by atoms with Crippen LogP contribution in [-0.2, 0) is 30.9 Å². The summed E-state index contributed by atoms with van der Waals surface area (Å²) in [6.45, 7) is 9.67. The van der Waals surface area contributed by atoms with Crippen LogP contribution in [0.25, 0.3) is 0 Å². The van der Waals surface area contributed by atoms with Crippen molar-refractivity contribution in [3.63, 3.8) is 0 Å². The number of aliphatic carboxylic acids is 1. The Morgan fingerprint density at radius 2 is 1.64 bits per heavy atom. The molecule has 1 aromatic rings. The van der Waals surface area contributed by atoms with E-state index in [1.807, 2.05) is 0 Å². The molecule has 0 saturated heterocycles. The Morgan fingerprint density at radius 1 is 1.00 bits per heavy atom. The normalized spacial score (nSPS) is 38.3. The molecule has 2 N–H and O–H groups in total. The number of carbonyl (C=O) groups excluding carboxylic acids is 2. The third kappa shape index (κ3) is 6.12. The molecule has 5 rings (SSSR count). The molecule has 4 aliphatic rings. The number of esters is 1. The van der Waals surface area contributed by atoms with Crippen molar-refractivity contribution in [2.24, 2.45) is 46.3 Å². The first-order chi connectivity index (χ1) is 20.9. The molecule has 1 amide bonds. The van der Waals surface area contributed by atoms with Gasteiger partial charge in [0.1, 0.15) is 12.6 Å². The van der Waals surface area contributed by atoms with Gasteiger partial charge in [-0.15, -0.1) is 0 Å². The van der Waals surface area contributed by atoms with Crippen molar-refractivity contribution < 1.29 is 42.5 Å². The number of amides is 1. The van der Waals surface area contributed by atoms with Crippen LogP contribution in [0.15, 0.2) is 24.3 Å². The Balaban J connectivity index is 1.40. The van der Waals surface area contributed by atoms with Crippen LogP contribution in [0.2, 0.25) is 0 Å². The van der Waals surface area contributed by atoms with Crippen molar-refractivity contribution in [3.05, 3.63) is 35.4 Å². The Labute approximate surface area is 263 Å². The molecule has 4 aliphatic carbocycles. The molecule has 0 bridgehead atoms. The van der Waals surface area contributed by atoms with Crippen molar-refractivity contribution in [2.75, 3.05) is 13.1 Å². The minimum Gasteiger partial charge on any atom is -0.480 e. The third-order valence-corrected chi connectivity index (χ3v) is 12.8. The van der Waals surface area contributed by atoms with Crippen LogP contribution in [0, 0.1) is 46.3 Å². The molecular formula is C35H48F3NO6. The van der Waals surface area contributed by atoms with Gasteiger partial charge in [0.2, 0.25) is 5.91 Å². The second-order valence-electron chi connectivity index (χ2n) is 15.2. The van der Waals surface area contributed by atoms with Crippen molar-refractivity contribution in [1.82, 2.24) is 4.90 Å². The van der Waals surface area contributed by atoms with Gasteiger partial charge in [-0.05, 0) is 109 Å². The van der Waals surface area contributed by atoms with Crippen LogP contribution < -0.4 is 0 Å². The van der Waals surface area contributed by atoms with Crippen LogP contribution in [0.5, 0.6) is 0 Å². The van der Waals surface area contributed by atoms with Crippen LogP contribution >= 0.6 is 0 Å². The number of nitrogens with zero attached hydrogens (tertiary/aromatic N) is 1. The molecule has 4 saturated carbocycles. The summed E-state index contributed by atoms with van der Waals surface area (Å²) in [5.41, 5.74) is -1.66. The molecule has 0 aliphatic heterocycles. The summed E-state index contributed by atoms with van der Waals surface area (Å²) in [5.74, 6) is -0.473. The van der Waals surface area contributed by atoms with E-state index in [1.165, 1.54) is 30.9 Å². The molecule has 45 heavy (non-hydrogen) atoms. The molecule has 250 valence electrons.